The van der Waals surface area contributed by atoms with Crippen LogP contribution in [0.2, 0.25) is 0 Å². The first-order valence-corrected chi connectivity index (χ1v) is 8.11. The van der Waals surface area contributed by atoms with Gasteiger partial charge in [-0.3, -0.25) is 4.90 Å². The zero-order valence-electron chi connectivity index (χ0n) is 13.9. The minimum atomic E-state index is 0.467. The number of hydrogen-bond donors (Lipinski definition) is 1. The normalized spacial score (nSPS) is 14.8. The minimum absolute atomic E-state index is 0.467. The van der Waals surface area contributed by atoms with Crippen molar-refractivity contribution in [2.45, 2.75) is 53.1 Å². The van der Waals surface area contributed by atoms with E-state index < -0.39 is 0 Å². The lowest BCUT2D eigenvalue weighted by atomic mass is 10.0. The molecule has 114 valence electrons. The third-order valence-corrected chi connectivity index (χ3v) is 4.00. The number of nitrogens with one attached hydrogen (secondary N) is 1. The summed E-state index contributed by atoms with van der Waals surface area (Å²) in [6, 6.07) is 12.0. The molecule has 1 aromatic carbocycles. The number of benzene rings is 1. The lowest BCUT2D eigenvalue weighted by molar-refractivity contribution is 0.144. The van der Waals surface area contributed by atoms with Gasteiger partial charge in [0.1, 0.15) is 0 Å². The Hall–Kier alpha value is -0.860. The summed E-state index contributed by atoms with van der Waals surface area (Å²) in [6.07, 6.45) is 1.20. The molecule has 0 aromatic heterocycles. The molecule has 0 spiro atoms. The van der Waals surface area contributed by atoms with Gasteiger partial charge in [-0.25, -0.2) is 0 Å². The largest absolute Gasteiger partial charge is 0.315 e. The summed E-state index contributed by atoms with van der Waals surface area (Å²) in [6.45, 7) is 14.6. The SMILES string of the molecule is CCC(C)N(CC)C(CNCC(C)C)c1ccccc1. The molecule has 0 radical (unpaired) electrons. The van der Waals surface area contributed by atoms with Gasteiger partial charge in [0.05, 0.1) is 0 Å². The predicted molar refractivity (Wildman–Crippen MR) is 89.0 cm³/mol. The van der Waals surface area contributed by atoms with Crippen molar-refractivity contribution < 1.29 is 0 Å². The van der Waals surface area contributed by atoms with E-state index in [4.69, 9.17) is 0 Å². The van der Waals surface area contributed by atoms with Crippen molar-refractivity contribution in [3.63, 3.8) is 0 Å². The van der Waals surface area contributed by atoms with Gasteiger partial charge < -0.3 is 5.32 Å². The molecular formula is C18H32N2. The summed E-state index contributed by atoms with van der Waals surface area (Å²) < 4.78 is 0. The standard InChI is InChI=1S/C18H32N2/c1-6-16(5)20(7-2)18(14-19-13-15(3)4)17-11-9-8-10-12-17/h8-12,15-16,18-19H,6-7,13-14H2,1-5H3. The van der Waals surface area contributed by atoms with E-state index in [2.05, 4.69) is 75.2 Å². The second-order valence-electron chi connectivity index (χ2n) is 6.07. The van der Waals surface area contributed by atoms with Crippen LogP contribution in [0.4, 0.5) is 0 Å². The van der Waals surface area contributed by atoms with E-state index in [0.717, 1.165) is 19.6 Å². The number of hydrogen-bond acceptors (Lipinski definition) is 2. The minimum Gasteiger partial charge on any atom is -0.315 e. The van der Waals surface area contributed by atoms with Crippen LogP contribution in [0.25, 0.3) is 0 Å². The smallest absolute Gasteiger partial charge is 0.0475 e. The second kappa shape index (κ2) is 9.15. The van der Waals surface area contributed by atoms with Crippen molar-refractivity contribution in [2.75, 3.05) is 19.6 Å². The molecule has 2 atom stereocenters. The van der Waals surface area contributed by atoms with Gasteiger partial charge in [-0.1, -0.05) is 58.0 Å². The van der Waals surface area contributed by atoms with Crippen LogP contribution in [0, 0.1) is 5.92 Å². The summed E-state index contributed by atoms with van der Waals surface area (Å²) in [7, 11) is 0. The van der Waals surface area contributed by atoms with Crippen molar-refractivity contribution in [2.24, 2.45) is 5.92 Å². The molecule has 1 N–H and O–H groups in total. The molecule has 0 saturated carbocycles. The van der Waals surface area contributed by atoms with Crippen molar-refractivity contribution in [1.29, 1.82) is 0 Å². The van der Waals surface area contributed by atoms with E-state index in [1.807, 2.05) is 0 Å². The quantitative estimate of drug-likeness (QED) is 0.730. The Balaban J connectivity index is 2.83. The highest BCUT2D eigenvalue weighted by Gasteiger charge is 2.22. The van der Waals surface area contributed by atoms with Crippen LogP contribution >= 0.6 is 0 Å². The van der Waals surface area contributed by atoms with E-state index in [1.54, 1.807) is 0 Å². The highest BCUT2D eigenvalue weighted by Crippen LogP contribution is 2.23. The van der Waals surface area contributed by atoms with Gasteiger partial charge in [-0.2, -0.15) is 0 Å². The van der Waals surface area contributed by atoms with Crippen LogP contribution in [0.3, 0.4) is 0 Å². The Morgan fingerprint density at radius 3 is 2.15 bits per heavy atom. The maximum Gasteiger partial charge on any atom is 0.0475 e. The van der Waals surface area contributed by atoms with Crippen molar-refractivity contribution in [3.8, 4) is 0 Å². The molecule has 0 aliphatic heterocycles. The van der Waals surface area contributed by atoms with Gasteiger partial charge in [-0.05, 0) is 37.9 Å². The van der Waals surface area contributed by atoms with Gasteiger partial charge in [0.2, 0.25) is 0 Å². The Bertz CT molecular complexity index is 348. The summed E-state index contributed by atoms with van der Waals surface area (Å²) in [5.74, 6) is 0.699. The van der Waals surface area contributed by atoms with Gasteiger partial charge >= 0.3 is 0 Å². The monoisotopic (exact) mass is 276 g/mol. The molecule has 0 fully saturated rings. The van der Waals surface area contributed by atoms with Crippen molar-refractivity contribution in [3.05, 3.63) is 35.9 Å². The van der Waals surface area contributed by atoms with Gasteiger partial charge in [-0.15, -0.1) is 0 Å². The second-order valence-corrected chi connectivity index (χ2v) is 6.07. The molecule has 0 amide bonds. The lowest BCUT2D eigenvalue weighted by Gasteiger charge is -2.36. The summed E-state index contributed by atoms with van der Waals surface area (Å²) in [5.41, 5.74) is 1.42. The topological polar surface area (TPSA) is 15.3 Å². The van der Waals surface area contributed by atoms with Crippen LogP contribution in [-0.2, 0) is 0 Å². The highest BCUT2D eigenvalue weighted by molar-refractivity contribution is 5.19. The number of nitrogens with zero attached hydrogens (tertiary/aromatic N) is 1. The van der Waals surface area contributed by atoms with Gasteiger partial charge in [0, 0.05) is 18.6 Å². The maximum atomic E-state index is 3.64. The lowest BCUT2D eigenvalue weighted by Crippen LogP contribution is -2.41. The van der Waals surface area contributed by atoms with Gasteiger partial charge in [0.25, 0.3) is 0 Å². The Morgan fingerprint density at radius 2 is 1.65 bits per heavy atom. The van der Waals surface area contributed by atoms with Crippen LogP contribution < -0.4 is 5.32 Å². The fourth-order valence-electron chi connectivity index (χ4n) is 2.68. The van der Waals surface area contributed by atoms with E-state index in [-0.39, 0.29) is 0 Å². The van der Waals surface area contributed by atoms with Crippen LogP contribution in [0.5, 0.6) is 0 Å². The fourth-order valence-corrected chi connectivity index (χ4v) is 2.68. The number of likely N-dealkylation sites (N-methyl/N-ethyl adjacent to an activating group) is 1. The molecular weight excluding hydrogens is 244 g/mol. The third-order valence-electron chi connectivity index (χ3n) is 4.00. The summed E-state index contributed by atoms with van der Waals surface area (Å²) >= 11 is 0. The average molecular weight is 276 g/mol. The molecule has 0 aliphatic rings. The van der Waals surface area contributed by atoms with Crippen LogP contribution in [-0.4, -0.2) is 30.6 Å². The van der Waals surface area contributed by atoms with Crippen molar-refractivity contribution >= 4 is 0 Å². The predicted octanol–water partition coefficient (Wildman–Crippen LogP) is 4.09. The number of rotatable bonds is 9. The van der Waals surface area contributed by atoms with Crippen molar-refractivity contribution in [1.82, 2.24) is 10.2 Å². The maximum absolute atomic E-state index is 3.64. The first-order chi connectivity index (χ1) is 9.60. The molecule has 2 nitrogen and oxygen atoms in total. The van der Waals surface area contributed by atoms with E-state index >= 15 is 0 Å². The Labute approximate surface area is 125 Å². The molecule has 0 bridgehead atoms. The molecule has 0 aliphatic carbocycles. The Morgan fingerprint density at radius 1 is 1.00 bits per heavy atom. The summed E-state index contributed by atoms with van der Waals surface area (Å²) in [4.78, 5) is 2.61. The van der Waals surface area contributed by atoms with E-state index in [9.17, 15) is 0 Å². The average Bonchev–Trinajstić information content (AvgIpc) is 2.46. The summed E-state index contributed by atoms with van der Waals surface area (Å²) in [5, 5.41) is 3.64. The molecule has 2 heteroatoms. The molecule has 0 heterocycles. The Kier molecular flexibility index (Phi) is 7.86. The molecule has 1 rings (SSSR count). The van der Waals surface area contributed by atoms with E-state index in [1.165, 1.54) is 12.0 Å². The molecule has 2 unspecified atom stereocenters. The van der Waals surface area contributed by atoms with Crippen LogP contribution in [0.1, 0.15) is 52.6 Å². The first kappa shape index (κ1) is 17.2. The first-order valence-electron chi connectivity index (χ1n) is 8.11. The zero-order valence-corrected chi connectivity index (χ0v) is 13.9. The molecule has 1 aromatic rings. The molecule has 0 saturated heterocycles. The van der Waals surface area contributed by atoms with Crippen LogP contribution in [0.15, 0.2) is 30.3 Å². The van der Waals surface area contributed by atoms with Gasteiger partial charge in [0.15, 0.2) is 0 Å². The fraction of sp³-hybridized carbons (Fsp3) is 0.667. The van der Waals surface area contributed by atoms with E-state index in [0.29, 0.717) is 18.0 Å². The zero-order chi connectivity index (χ0) is 15.0. The molecule has 20 heavy (non-hydrogen) atoms. The third kappa shape index (κ3) is 5.26. The highest BCUT2D eigenvalue weighted by atomic mass is 15.2.